The Hall–Kier alpha value is -1.88. The van der Waals surface area contributed by atoms with Gasteiger partial charge < -0.3 is 15.4 Å². The number of benzene rings is 1. The minimum atomic E-state index is -0.318. The quantitative estimate of drug-likeness (QED) is 0.537. The molecule has 0 spiro atoms. The van der Waals surface area contributed by atoms with Crippen LogP contribution in [0.1, 0.15) is 18.9 Å². The fourth-order valence-corrected chi connectivity index (χ4v) is 1.61. The monoisotopic (exact) mass is 280 g/mol. The van der Waals surface area contributed by atoms with Gasteiger partial charge >= 0.3 is 0 Å². The minimum Gasteiger partial charge on any atom is -0.483 e. The molecule has 0 aliphatic heterocycles. The molecule has 0 saturated carbocycles. The molecule has 0 bridgehead atoms. The summed E-state index contributed by atoms with van der Waals surface area (Å²) < 4.78 is 18.7. The molecule has 0 aromatic heterocycles. The highest BCUT2D eigenvalue weighted by molar-refractivity contribution is 5.77. The van der Waals surface area contributed by atoms with Crippen molar-refractivity contribution in [2.45, 2.75) is 19.9 Å². The van der Waals surface area contributed by atoms with Crippen LogP contribution in [-0.4, -0.2) is 25.6 Å². The van der Waals surface area contributed by atoms with E-state index in [4.69, 9.17) is 4.74 Å². The van der Waals surface area contributed by atoms with Crippen molar-refractivity contribution >= 4 is 5.91 Å². The molecule has 20 heavy (non-hydrogen) atoms. The summed E-state index contributed by atoms with van der Waals surface area (Å²) in [5.74, 6) is -0.0350. The first-order valence-electron chi connectivity index (χ1n) is 6.67. The summed E-state index contributed by atoms with van der Waals surface area (Å²) in [5.41, 5.74) is 0.704. The van der Waals surface area contributed by atoms with Gasteiger partial charge in [0, 0.05) is 18.7 Å². The van der Waals surface area contributed by atoms with Gasteiger partial charge in [-0.25, -0.2) is 4.39 Å². The van der Waals surface area contributed by atoms with Crippen molar-refractivity contribution in [3.05, 3.63) is 42.2 Å². The molecule has 0 heterocycles. The summed E-state index contributed by atoms with van der Waals surface area (Å²) in [6, 6.07) is 4.28. The molecule has 0 unspecified atom stereocenters. The Labute approximate surface area is 119 Å². The topological polar surface area (TPSA) is 50.4 Å². The molecule has 5 heteroatoms. The Bertz CT molecular complexity index is 449. The number of hydrogen-bond donors (Lipinski definition) is 2. The van der Waals surface area contributed by atoms with Crippen molar-refractivity contribution in [1.82, 2.24) is 10.6 Å². The number of ether oxygens (including phenoxy) is 1. The third-order valence-corrected chi connectivity index (χ3v) is 2.57. The van der Waals surface area contributed by atoms with Crippen LogP contribution in [0.15, 0.2) is 30.9 Å². The first-order valence-corrected chi connectivity index (χ1v) is 6.67. The lowest BCUT2D eigenvalue weighted by atomic mass is 10.2. The van der Waals surface area contributed by atoms with Gasteiger partial charge in [0.05, 0.1) is 0 Å². The van der Waals surface area contributed by atoms with E-state index < -0.39 is 0 Å². The van der Waals surface area contributed by atoms with Gasteiger partial charge in [0.1, 0.15) is 11.6 Å². The molecule has 0 atom stereocenters. The second kappa shape index (κ2) is 9.09. The predicted molar refractivity (Wildman–Crippen MR) is 77.1 cm³/mol. The summed E-state index contributed by atoms with van der Waals surface area (Å²) in [4.78, 5) is 11.4. The van der Waals surface area contributed by atoms with E-state index in [1.165, 1.54) is 12.1 Å². The first-order chi connectivity index (χ1) is 9.67. The van der Waals surface area contributed by atoms with Crippen LogP contribution < -0.4 is 15.4 Å². The largest absolute Gasteiger partial charge is 0.483 e. The van der Waals surface area contributed by atoms with Crippen LogP contribution in [-0.2, 0) is 11.3 Å². The number of carbonyl (C=O) groups excluding carboxylic acids is 1. The summed E-state index contributed by atoms with van der Waals surface area (Å²) >= 11 is 0. The molecular weight excluding hydrogens is 259 g/mol. The predicted octanol–water partition coefficient (Wildman–Crippen LogP) is 2.01. The van der Waals surface area contributed by atoms with Crippen LogP contribution >= 0.6 is 0 Å². The van der Waals surface area contributed by atoms with E-state index in [0.717, 1.165) is 13.0 Å². The lowest BCUT2D eigenvalue weighted by Crippen LogP contribution is -2.29. The third-order valence-electron chi connectivity index (χ3n) is 2.57. The molecule has 0 fully saturated rings. The molecule has 4 nitrogen and oxygen atoms in total. The molecule has 1 rings (SSSR count). The zero-order valence-electron chi connectivity index (χ0n) is 11.7. The highest BCUT2D eigenvalue weighted by Gasteiger charge is 2.07. The molecule has 0 aliphatic carbocycles. The minimum absolute atomic E-state index is 0.0970. The number of amides is 1. The Morgan fingerprint density at radius 3 is 3.00 bits per heavy atom. The number of halogens is 1. The first kappa shape index (κ1) is 16.2. The van der Waals surface area contributed by atoms with Crippen molar-refractivity contribution in [1.29, 1.82) is 0 Å². The van der Waals surface area contributed by atoms with E-state index in [2.05, 4.69) is 24.1 Å². The normalized spacial score (nSPS) is 10.1. The Kier molecular flexibility index (Phi) is 7.35. The second-order valence-corrected chi connectivity index (χ2v) is 4.31. The zero-order chi connectivity index (χ0) is 14.8. The van der Waals surface area contributed by atoms with Crippen molar-refractivity contribution in [2.24, 2.45) is 0 Å². The van der Waals surface area contributed by atoms with Gasteiger partial charge in [-0.05, 0) is 31.2 Å². The molecule has 0 radical (unpaired) electrons. The van der Waals surface area contributed by atoms with Gasteiger partial charge in [0.25, 0.3) is 5.91 Å². The fraction of sp³-hybridized carbons (Fsp3) is 0.400. The van der Waals surface area contributed by atoms with Gasteiger partial charge in [-0.1, -0.05) is 13.0 Å². The second-order valence-electron chi connectivity index (χ2n) is 4.31. The molecule has 110 valence electrons. The Morgan fingerprint density at radius 2 is 2.30 bits per heavy atom. The average molecular weight is 280 g/mol. The number of rotatable bonds is 9. The van der Waals surface area contributed by atoms with Gasteiger partial charge in [-0.2, -0.15) is 0 Å². The molecule has 0 aliphatic rings. The summed E-state index contributed by atoms with van der Waals surface area (Å²) in [7, 11) is 0. The highest BCUT2D eigenvalue weighted by atomic mass is 19.1. The maximum Gasteiger partial charge on any atom is 0.258 e. The maximum atomic E-state index is 13.2. The van der Waals surface area contributed by atoms with Gasteiger partial charge in [0.2, 0.25) is 0 Å². The third kappa shape index (κ3) is 5.84. The van der Waals surface area contributed by atoms with E-state index in [9.17, 15) is 9.18 Å². The number of hydrogen-bond acceptors (Lipinski definition) is 3. The fourth-order valence-electron chi connectivity index (χ4n) is 1.61. The number of nitrogens with one attached hydrogen (secondary N) is 2. The van der Waals surface area contributed by atoms with Crippen LogP contribution in [0.25, 0.3) is 0 Å². The molecular formula is C15H21FN2O2. The van der Waals surface area contributed by atoms with E-state index in [-0.39, 0.29) is 18.3 Å². The van der Waals surface area contributed by atoms with E-state index >= 15 is 0 Å². The smallest absolute Gasteiger partial charge is 0.258 e. The highest BCUT2D eigenvalue weighted by Crippen LogP contribution is 2.19. The van der Waals surface area contributed by atoms with Crippen LogP contribution in [0.2, 0.25) is 0 Å². The van der Waals surface area contributed by atoms with Crippen molar-refractivity contribution in [2.75, 3.05) is 19.7 Å². The van der Waals surface area contributed by atoms with Gasteiger partial charge in [-0.15, -0.1) is 6.58 Å². The maximum absolute atomic E-state index is 13.2. The van der Waals surface area contributed by atoms with Crippen LogP contribution in [0, 0.1) is 5.82 Å². The summed E-state index contributed by atoms with van der Waals surface area (Å²) in [5, 5.41) is 5.79. The molecule has 1 aromatic carbocycles. The van der Waals surface area contributed by atoms with Gasteiger partial charge in [-0.3, -0.25) is 4.79 Å². The van der Waals surface area contributed by atoms with E-state index in [1.54, 1.807) is 12.1 Å². The zero-order valence-corrected chi connectivity index (χ0v) is 11.7. The molecule has 0 saturated heterocycles. The lowest BCUT2D eigenvalue weighted by molar-refractivity contribution is -0.122. The standard InChI is InChI=1S/C15H21FN2O2/c1-3-7-17-10-12-9-13(16)5-6-14(12)20-11-15(19)18-8-4-2/h4-6,9,17H,2-3,7-8,10-11H2,1H3,(H,18,19). The van der Waals surface area contributed by atoms with Gasteiger partial charge in [0.15, 0.2) is 6.61 Å². The lowest BCUT2D eigenvalue weighted by Gasteiger charge is -2.12. The SMILES string of the molecule is C=CCNC(=O)COc1ccc(F)cc1CNCCC. The molecule has 1 aromatic rings. The van der Waals surface area contributed by atoms with Crippen molar-refractivity contribution in [3.63, 3.8) is 0 Å². The summed E-state index contributed by atoms with van der Waals surface area (Å²) in [6.07, 6.45) is 2.59. The van der Waals surface area contributed by atoms with Crippen molar-refractivity contribution in [3.8, 4) is 5.75 Å². The van der Waals surface area contributed by atoms with Crippen LogP contribution in [0.4, 0.5) is 4.39 Å². The van der Waals surface area contributed by atoms with E-state index in [0.29, 0.717) is 24.4 Å². The number of carbonyl (C=O) groups is 1. The average Bonchev–Trinajstić information content (AvgIpc) is 2.44. The van der Waals surface area contributed by atoms with E-state index in [1.807, 2.05) is 0 Å². The molecule has 1 amide bonds. The molecule has 2 N–H and O–H groups in total. The summed E-state index contributed by atoms with van der Waals surface area (Å²) in [6.45, 7) is 7.22. The Morgan fingerprint density at radius 1 is 1.50 bits per heavy atom. The van der Waals surface area contributed by atoms with Crippen LogP contribution in [0.3, 0.4) is 0 Å². The van der Waals surface area contributed by atoms with Crippen molar-refractivity contribution < 1.29 is 13.9 Å². The Balaban J connectivity index is 2.58. The van der Waals surface area contributed by atoms with Crippen LogP contribution in [0.5, 0.6) is 5.75 Å².